The summed E-state index contributed by atoms with van der Waals surface area (Å²) in [5.41, 5.74) is 0. The fourth-order valence-electron chi connectivity index (χ4n) is 2.16. The van der Waals surface area contributed by atoms with Gasteiger partial charge in [0.1, 0.15) is 0 Å². The molecule has 0 spiro atoms. The summed E-state index contributed by atoms with van der Waals surface area (Å²) in [4.78, 5) is 2.53. The van der Waals surface area contributed by atoms with E-state index in [9.17, 15) is 0 Å². The molecule has 0 aromatic heterocycles. The van der Waals surface area contributed by atoms with Crippen molar-refractivity contribution in [2.24, 2.45) is 0 Å². The van der Waals surface area contributed by atoms with Crippen molar-refractivity contribution in [3.8, 4) is 0 Å². The topological polar surface area (TPSA) is 35.5 Å². The number of hydrogen-bond acceptors (Lipinski definition) is 3. The monoisotopic (exact) mass is 214 g/mol. The normalized spacial score (nSPS) is 21.8. The molecule has 90 valence electrons. The molecule has 3 nitrogen and oxygen atoms in total. The second kappa shape index (κ2) is 7.20. The lowest BCUT2D eigenvalue weighted by molar-refractivity contribution is 0.180. The molecule has 15 heavy (non-hydrogen) atoms. The first-order valence-corrected chi connectivity index (χ1v) is 6.32. The van der Waals surface area contributed by atoms with Gasteiger partial charge in [-0.15, -0.1) is 0 Å². The van der Waals surface area contributed by atoms with Crippen LogP contribution in [0.1, 0.15) is 39.5 Å². The van der Waals surface area contributed by atoms with Crippen molar-refractivity contribution in [2.75, 3.05) is 26.2 Å². The highest BCUT2D eigenvalue weighted by Gasteiger charge is 2.13. The Hall–Kier alpha value is -0.120. The molecular formula is C12H26N2O. The molecule has 1 saturated heterocycles. The van der Waals surface area contributed by atoms with E-state index in [2.05, 4.69) is 17.1 Å². The van der Waals surface area contributed by atoms with Crippen molar-refractivity contribution in [1.82, 2.24) is 10.2 Å². The van der Waals surface area contributed by atoms with Gasteiger partial charge >= 0.3 is 0 Å². The molecule has 0 aromatic rings. The number of rotatable bonds is 7. The van der Waals surface area contributed by atoms with Gasteiger partial charge in [-0.05, 0) is 59.2 Å². The zero-order valence-electron chi connectivity index (χ0n) is 10.2. The molecule has 1 aliphatic rings. The molecule has 0 bridgehead atoms. The highest BCUT2D eigenvalue weighted by molar-refractivity contribution is 4.72. The fraction of sp³-hybridized carbons (Fsp3) is 1.00. The van der Waals surface area contributed by atoms with E-state index in [0.717, 1.165) is 19.4 Å². The molecule has 2 unspecified atom stereocenters. The Morgan fingerprint density at radius 3 is 2.53 bits per heavy atom. The zero-order valence-corrected chi connectivity index (χ0v) is 10.2. The Morgan fingerprint density at radius 1 is 1.27 bits per heavy atom. The minimum atomic E-state index is -0.152. The smallest absolute Gasteiger partial charge is 0.0512 e. The van der Waals surface area contributed by atoms with Crippen LogP contribution in [0.15, 0.2) is 0 Å². The van der Waals surface area contributed by atoms with Gasteiger partial charge < -0.3 is 15.3 Å². The molecule has 0 aromatic carbocycles. The van der Waals surface area contributed by atoms with Gasteiger partial charge in [0.25, 0.3) is 0 Å². The van der Waals surface area contributed by atoms with Gasteiger partial charge in [-0.3, -0.25) is 0 Å². The number of nitrogens with one attached hydrogen (secondary N) is 1. The SMILES string of the molecule is CC(O)CCCNC(C)CN1CCCC1. The van der Waals surface area contributed by atoms with Gasteiger partial charge in [-0.25, -0.2) is 0 Å². The van der Waals surface area contributed by atoms with Crippen molar-refractivity contribution >= 4 is 0 Å². The maximum atomic E-state index is 9.11. The van der Waals surface area contributed by atoms with Crippen LogP contribution >= 0.6 is 0 Å². The molecular weight excluding hydrogens is 188 g/mol. The van der Waals surface area contributed by atoms with Crippen LogP contribution < -0.4 is 5.32 Å². The second-order valence-electron chi connectivity index (χ2n) is 4.85. The molecule has 2 atom stereocenters. The van der Waals surface area contributed by atoms with E-state index in [4.69, 9.17) is 5.11 Å². The third kappa shape index (κ3) is 6.13. The Bertz CT molecular complexity index is 156. The van der Waals surface area contributed by atoms with Gasteiger partial charge in [0.2, 0.25) is 0 Å². The molecule has 1 fully saturated rings. The molecule has 1 aliphatic heterocycles. The van der Waals surface area contributed by atoms with E-state index >= 15 is 0 Å². The summed E-state index contributed by atoms with van der Waals surface area (Å²) in [5, 5.41) is 12.6. The lowest BCUT2D eigenvalue weighted by Gasteiger charge is -2.21. The standard InChI is InChI=1S/C12H26N2O/c1-11(10-14-8-3-4-9-14)13-7-5-6-12(2)15/h11-13,15H,3-10H2,1-2H3. The van der Waals surface area contributed by atoms with Gasteiger partial charge in [0.05, 0.1) is 6.10 Å². The van der Waals surface area contributed by atoms with E-state index in [-0.39, 0.29) is 6.10 Å². The first-order chi connectivity index (χ1) is 7.18. The third-order valence-corrected chi connectivity index (χ3v) is 3.02. The Kier molecular flexibility index (Phi) is 6.22. The predicted molar refractivity (Wildman–Crippen MR) is 64.1 cm³/mol. The van der Waals surface area contributed by atoms with Crippen molar-refractivity contribution in [1.29, 1.82) is 0 Å². The molecule has 0 saturated carbocycles. The summed E-state index contributed by atoms with van der Waals surface area (Å²) in [5.74, 6) is 0. The number of nitrogens with zero attached hydrogens (tertiary/aromatic N) is 1. The van der Waals surface area contributed by atoms with Crippen LogP contribution in [0, 0.1) is 0 Å². The molecule has 1 heterocycles. The molecule has 1 rings (SSSR count). The first-order valence-electron chi connectivity index (χ1n) is 6.32. The Morgan fingerprint density at radius 2 is 1.93 bits per heavy atom. The molecule has 0 radical (unpaired) electrons. The van der Waals surface area contributed by atoms with Gasteiger partial charge in [-0.1, -0.05) is 0 Å². The second-order valence-corrected chi connectivity index (χ2v) is 4.85. The van der Waals surface area contributed by atoms with E-state index in [1.165, 1.54) is 32.5 Å². The molecule has 0 aliphatic carbocycles. The molecule has 2 N–H and O–H groups in total. The summed E-state index contributed by atoms with van der Waals surface area (Å²) in [6.45, 7) is 8.86. The number of aliphatic hydroxyl groups is 1. The lowest BCUT2D eigenvalue weighted by Crippen LogP contribution is -2.38. The van der Waals surface area contributed by atoms with Crippen LogP contribution in [0.5, 0.6) is 0 Å². The van der Waals surface area contributed by atoms with Crippen LogP contribution in [0.2, 0.25) is 0 Å². The Labute approximate surface area is 93.9 Å². The fourth-order valence-corrected chi connectivity index (χ4v) is 2.16. The summed E-state index contributed by atoms with van der Waals surface area (Å²) < 4.78 is 0. The average molecular weight is 214 g/mol. The number of aliphatic hydroxyl groups excluding tert-OH is 1. The lowest BCUT2D eigenvalue weighted by atomic mass is 10.2. The highest BCUT2D eigenvalue weighted by Crippen LogP contribution is 2.07. The van der Waals surface area contributed by atoms with Gasteiger partial charge in [0, 0.05) is 12.6 Å². The number of likely N-dealkylation sites (tertiary alicyclic amines) is 1. The summed E-state index contributed by atoms with van der Waals surface area (Å²) in [6, 6.07) is 0.581. The summed E-state index contributed by atoms with van der Waals surface area (Å²) in [6.07, 6.45) is 4.57. The molecule has 0 amide bonds. The zero-order chi connectivity index (χ0) is 11.1. The van der Waals surface area contributed by atoms with Crippen molar-refractivity contribution in [3.05, 3.63) is 0 Å². The third-order valence-electron chi connectivity index (χ3n) is 3.02. The van der Waals surface area contributed by atoms with Gasteiger partial charge in [-0.2, -0.15) is 0 Å². The van der Waals surface area contributed by atoms with Crippen molar-refractivity contribution < 1.29 is 5.11 Å². The average Bonchev–Trinajstić information content (AvgIpc) is 2.64. The van der Waals surface area contributed by atoms with Crippen LogP contribution in [-0.4, -0.2) is 48.3 Å². The summed E-state index contributed by atoms with van der Waals surface area (Å²) >= 11 is 0. The summed E-state index contributed by atoms with van der Waals surface area (Å²) in [7, 11) is 0. The highest BCUT2D eigenvalue weighted by atomic mass is 16.3. The maximum Gasteiger partial charge on any atom is 0.0512 e. The van der Waals surface area contributed by atoms with Crippen LogP contribution in [-0.2, 0) is 0 Å². The van der Waals surface area contributed by atoms with E-state index in [1.807, 2.05) is 6.92 Å². The van der Waals surface area contributed by atoms with E-state index in [0.29, 0.717) is 6.04 Å². The first kappa shape index (κ1) is 12.9. The molecule has 3 heteroatoms. The van der Waals surface area contributed by atoms with Crippen LogP contribution in [0.4, 0.5) is 0 Å². The maximum absolute atomic E-state index is 9.11. The van der Waals surface area contributed by atoms with Crippen molar-refractivity contribution in [2.45, 2.75) is 51.7 Å². The minimum Gasteiger partial charge on any atom is -0.393 e. The quantitative estimate of drug-likeness (QED) is 0.626. The predicted octanol–water partition coefficient (Wildman–Crippen LogP) is 1.22. The van der Waals surface area contributed by atoms with Gasteiger partial charge in [0.15, 0.2) is 0 Å². The largest absolute Gasteiger partial charge is 0.393 e. The van der Waals surface area contributed by atoms with E-state index < -0.39 is 0 Å². The van der Waals surface area contributed by atoms with Crippen molar-refractivity contribution in [3.63, 3.8) is 0 Å². The minimum absolute atomic E-state index is 0.152. The van der Waals surface area contributed by atoms with Crippen LogP contribution in [0.25, 0.3) is 0 Å². The van der Waals surface area contributed by atoms with E-state index in [1.54, 1.807) is 0 Å². The Balaban J connectivity index is 1.95. The number of hydrogen-bond donors (Lipinski definition) is 2. The van der Waals surface area contributed by atoms with Crippen LogP contribution in [0.3, 0.4) is 0 Å².